The summed E-state index contributed by atoms with van der Waals surface area (Å²) in [4.78, 5) is 11.2. The van der Waals surface area contributed by atoms with Crippen molar-refractivity contribution in [3.63, 3.8) is 0 Å². The standard InChI is InChI=1S/C13H13Cl3N4O/c1-2-3-11(8(6-17)13(18)21)19-20-12-9(15)4-7(14)5-10(12)16/h4-5,19-20H,2-3H2,1H3,(H2,18,21). The molecule has 1 aromatic carbocycles. The van der Waals surface area contributed by atoms with Gasteiger partial charge < -0.3 is 11.2 Å². The zero-order valence-electron chi connectivity index (χ0n) is 11.1. The Morgan fingerprint density at radius 3 is 2.33 bits per heavy atom. The van der Waals surface area contributed by atoms with Gasteiger partial charge in [0.15, 0.2) is 0 Å². The number of hydrogen-bond acceptors (Lipinski definition) is 4. The number of benzene rings is 1. The average Bonchev–Trinajstić information content (AvgIpc) is 2.37. The predicted molar refractivity (Wildman–Crippen MR) is 85.0 cm³/mol. The summed E-state index contributed by atoms with van der Waals surface area (Å²) in [6, 6.07) is 4.81. The van der Waals surface area contributed by atoms with Crippen molar-refractivity contribution in [2.75, 3.05) is 5.43 Å². The topological polar surface area (TPSA) is 90.9 Å². The molecule has 0 spiro atoms. The third kappa shape index (κ3) is 4.71. The van der Waals surface area contributed by atoms with Crippen LogP contribution in [-0.4, -0.2) is 5.91 Å². The molecule has 1 amide bonds. The van der Waals surface area contributed by atoms with Crippen molar-refractivity contribution < 1.29 is 4.79 Å². The Morgan fingerprint density at radius 2 is 1.90 bits per heavy atom. The van der Waals surface area contributed by atoms with E-state index in [0.717, 1.165) is 0 Å². The molecule has 4 N–H and O–H groups in total. The monoisotopic (exact) mass is 346 g/mol. The van der Waals surface area contributed by atoms with Crippen LogP contribution in [0.25, 0.3) is 0 Å². The molecule has 21 heavy (non-hydrogen) atoms. The molecule has 0 heterocycles. The third-order valence-corrected chi connectivity index (χ3v) is 3.32. The highest BCUT2D eigenvalue weighted by molar-refractivity contribution is 6.41. The molecule has 0 fully saturated rings. The van der Waals surface area contributed by atoms with Gasteiger partial charge >= 0.3 is 0 Å². The fourth-order valence-electron chi connectivity index (χ4n) is 1.57. The van der Waals surface area contributed by atoms with E-state index in [1.807, 2.05) is 6.92 Å². The van der Waals surface area contributed by atoms with E-state index in [4.69, 9.17) is 45.8 Å². The summed E-state index contributed by atoms with van der Waals surface area (Å²) in [5, 5.41) is 9.99. The van der Waals surface area contributed by atoms with Gasteiger partial charge in [-0.2, -0.15) is 5.26 Å². The highest BCUT2D eigenvalue weighted by atomic mass is 35.5. The third-order valence-electron chi connectivity index (χ3n) is 2.51. The quantitative estimate of drug-likeness (QED) is 0.416. The van der Waals surface area contributed by atoms with Gasteiger partial charge in [0.05, 0.1) is 21.4 Å². The summed E-state index contributed by atoms with van der Waals surface area (Å²) in [6.45, 7) is 1.90. The minimum atomic E-state index is -0.802. The lowest BCUT2D eigenvalue weighted by Crippen LogP contribution is -2.26. The molecule has 0 radical (unpaired) electrons. The van der Waals surface area contributed by atoms with Gasteiger partial charge in [0.25, 0.3) is 5.91 Å². The van der Waals surface area contributed by atoms with Crippen LogP contribution in [0.3, 0.4) is 0 Å². The van der Waals surface area contributed by atoms with Crippen molar-refractivity contribution in [1.82, 2.24) is 5.43 Å². The first-order valence-electron chi connectivity index (χ1n) is 6.00. The van der Waals surface area contributed by atoms with Gasteiger partial charge in [-0.15, -0.1) is 0 Å². The second kappa shape index (κ2) is 7.99. The molecule has 1 aromatic rings. The first-order chi connectivity index (χ1) is 9.90. The second-order valence-corrected chi connectivity index (χ2v) is 5.32. The van der Waals surface area contributed by atoms with Crippen molar-refractivity contribution >= 4 is 46.4 Å². The number of nitriles is 1. The average molecular weight is 348 g/mol. The minimum absolute atomic E-state index is 0.148. The van der Waals surface area contributed by atoms with E-state index in [0.29, 0.717) is 39.3 Å². The summed E-state index contributed by atoms with van der Waals surface area (Å²) < 4.78 is 0. The van der Waals surface area contributed by atoms with Gasteiger partial charge in [-0.25, -0.2) is 0 Å². The number of hydrogen-bond donors (Lipinski definition) is 3. The van der Waals surface area contributed by atoms with Crippen LogP contribution in [0.5, 0.6) is 0 Å². The number of hydrazine groups is 1. The Balaban J connectivity index is 3.04. The molecule has 0 atom stereocenters. The summed E-state index contributed by atoms with van der Waals surface area (Å²) >= 11 is 17.9. The van der Waals surface area contributed by atoms with Gasteiger partial charge in [0, 0.05) is 5.02 Å². The van der Waals surface area contributed by atoms with E-state index in [2.05, 4.69) is 10.9 Å². The highest BCUT2D eigenvalue weighted by Gasteiger charge is 2.13. The molecule has 0 aliphatic heterocycles. The molecular formula is C13H13Cl3N4O. The maximum absolute atomic E-state index is 11.2. The van der Waals surface area contributed by atoms with Crippen LogP contribution in [0.15, 0.2) is 23.4 Å². The van der Waals surface area contributed by atoms with Crippen molar-refractivity contribution in [1.29, 1.82) is 5.26 Å². The number of anilines is 1. The fourth-order valence-corrected chi connectivity index (χ4v) is 2.48. The van der Waals surface area contributed by atoms with Crippen molar-refractivity contribution in [2.45, 2.75) is 19.8 Å². The van der Waals surface area contributed by atoms with Crippen LogP contribution in [0.4, 0.5) is 5.69 Å². The lowest BCUT2D eigenvalue weighted by Gasteiger charge is -2.16. The molecule has 0 aliphatic carbocycles. The molecule has 0 aliphatic rings. The normalized spacial score (nSPS) is 11.4. The van der Waals surface area contributed by atoms with Gasteiger partial charge in [0.2, 0.25) is 0 Å². The smallest absolute Gasteiger partial charge is 0.261 e. The second-order valence-electron chi connectivity index (χ2n) is 4.07. The largest absolute Gasteiger partial charge is 0.365 e. The number of carbonyl (C=O) groups excluding carboxylic acids is 1. The number of nitrogens with two attached hydrogens (primary N) is 1. The van der Waals surface area contributed by atoms with Crippen LogP contribution in [0.1, 0.15) is 19.8 Å². The van der Waals surface area contributed by atoms with E-state index in [-0.39, 0.29) is 5.57 Å². The number of nitrogens with zero attached hydrogens (tertiary/aromatic N) is 1. The number of allylic oxidation sites excluding steroid dienone is 1. The number of nitrogens with one attached hydrogen (secondary N) is 2. The maximum atomic E-state index is 11.2. The van der Waals surface area contributed by atoms with Crippen LogP contribution in [0.2, 0.25) is 15.1 Å². The highest BCUT2D eigenvalue weighted by Crippen LogP contribution is 2.33. The fraction of sp³-hybridized carbons (Fsp3) is 0.231. The Hall–Kier alpha value is -1.61. The Kier molecular flexibility index (Phi) is 6.63. The first-order valence-corrected chi connectivity index (χ1v) is 7.13. The zero-order chi connectivity index (χ0) is 16.0. The summed E-state index contributed by atoms with van der Waals surface area (Å²) in [7, 11) is 0. The number of primary amides is 1. The molecule has 0 bridgehead atoms. The van der Waals surface area contributed by atoms with Crippen molar-refractivity contribution in [3.8, 4) is 6.07 Å². The SMILES string of the molecule is CCCC(NNc1c(Cl)cc(Cl)cc1Cl)=C(C#N)C(N)=O. The minimum Gasteiger partial charge on any atom is -0.365 e. The van der Waals surface area contributed by atoms with Gasteiger partial charge in [-0.3, -0.25) is 10.2 Å². The Morgan fingerprint density at radius 1 is 1.33 bits per heavy atom. The van der Waals surface area contributed by atoms with Gasteiger partial charge in [-0.05, 0) is 18.6 Å². The summed E-state index contributed by atoms with van der Waals surface area (Å²) in [5.41, 5.74) is 11.3. The molecular weight excluding hydrogens is 335 g/mol. The first kappa shape index (κ1) is 17.4. The molecule has 0 unspecified atom stereocenters. The van der Waals surface area contributed by atoms with E-state index < -0.39 is 5.91 Å². The van der Waals surface area contributed by atoms with Gasteiger partial charge in [-0.1, -0.05) is 48.1 Å². The molecule has 1 rings (SSSR count). The predicted octanol–water partition coefficient (Wildman–Crippen LogP) is 3.63. The zero-order valence-corrected chi connectivity index (χ0v) is 13.4. The lowest BCUT2D eigenvalue weighted by atomic mass is 10.1. The lowest BCUT2D eigenvalue weighted by molar-refractivity contribution is -0.114. The van der Waals surface area contributed by atoms with E-state index in [1.54, 1.807) is 6.07 Å². The molecule has 0 saturated carbocycles. The summed E-state index contributed by atoms with van der Waals surface area (Å²) in [6.07, 6.45) is 1.17. The van der Waals surface area contributed by atoms with Crippen molar-refractivity contribution in [3.05, 3.63) is 38.5 Å². The number of amides is 1. The van der Waals surface area contributed by atoms with Gasteiger partial charge in [0.1, 0.15) is 11.6 Å². The molecule has 0 aromatic heterocycles. The summed E-state index contributed by atoms with van der Waals surface area (Å²) in [5.74, 6) is -0.802. The van der Waals surface area contributed by atoms with E-state index in [1.165, 1.54) is 12.1 Å². The van der Waals surface area contributed by atoms with E-state index >= 15 is 0 Å². The van der Waals surface area contributed by atoms with Crippen LogP contribution < -0.4 is 16.6 Å². The number of halogens is 3. The number of carbonyl (C=O) groups is 1. The number of rotatable bonds is 6. The molecule has 0 saturated heterocycles. The Labute approximate surface area is 137 Å². The van der Waals surface area contributed by atoms with Crippen molar-refractivity contribution in [2.24, 2.45) is 5.73 Å². The van der Waals surface area contributed by atoms with Crippen LogP contribution in [0, 0.1) is 11.3 Å². The van der Waals surface area contributed by atoms with E-state index in [9.17, 15) is 4.79 Å². The molecule has 8 heteroatoms. The Bertz CT molecular complexity index is 599. The molecule has 5 nitrogen and oxygen atoms in total. The van der Waals surface area contributed by atoms with Crippen LogP contribution >= 0.6 is 34.8 Å². The van der Waals surface area contributed by atoms with Crippen LogP contribution in [-0.2, 0) is 4.79 Å². The maximum Gasteiger partial charge on any atom is 0.261 e. The molecule has 112 valence electrons.